The van der Waals surface area contributed by atoms with Crippen molar-refractivity contribution in [2.24, 2.45) is 0 Å². The van der Waals surface area contributed by atoms with Gasteiger partial charge in [0.05, 0.1) is 22.6 Å². The third-order valence-corrected chi connectivity index (χ3v) is 4.19. The molecule has 0 saturated carbocycles. The van der Waals surface area contributed by atoms with Crippen molar-refractivity contribution in [3.63, 3.8) is 0 Å². The molecule has 1 unspecified atom stereocenters. The summed E-state index contributed by atoms with van der Waals surface area (Å²) in [6.07, 6.45) is -0.422. The number of benzene rings is 1. The number of alkyl halides is 3. The maximum absolute atomic E-state index is 13.3. The van der Waals surface area contributed by atoms with Crippen LogP contribution >= 0.6 is 0 Å². The molecule has 0 aliphatic rings. The Morgan fingerprint density at radius 2 is 2.13 bits per heavy atom. The van der Waals surface area contributed by atoms with Gasteiger partial charge in [0.2, 0.25) is 12.3 Å². The van der Waals surface area contributed by atoms with E-state index in [4.69, 9.17) is 0 Å². The molecule has 0 bridgehead atoms. The summed E-state index contributed by atoms with van der Waals surface area (Å²) < 4.78 is 44.4. The number of rotatable bonds is 8. The molecule has 3 aromatic rings. The predicted octanol–water partition coefficient (Wildman–Crippen LogP) is 3.78. The second-order valence-corrected chi connectivity index (χ2v) is 6.44. The number of hydrogen-bond acceptors (Lipinski definition) is 6. The Morgan fingerprint density at radius 3 is 2.77 bits per heavy atom. The number of anilines is 1. The summed E-state index contributed by atoms with van der Waals surface area (Å²) in [6.45, 7) is 5.14. The number of aromatic nitrogens is 4. The lowest BCUT2D eigenvalue weighted by molar-refractivity contribution is -0.0882. The Bertz CT molecular complexity index is 1080. The van der Waals surface area contributed by atoms with E-state index in [2.05, 4.69) is 41.8 Å². The van der Waals surface area contributed by atoms with E-state index in [0.29, 0.717) is 11.5 Å². The van der Waals surface area contributed by atoms with Crippen LogP contribution in [0.1, 0.15) is 17.5 Å². The van der Waals surface area contributed by atoms with Crippen LogP contribution in [0.5, 0.6) is 0 Å². The van der Waals surface area contributed by atoms with Crippen LogP contribution in [0.3, 0.4) is 0 Å². The van der Waals surface area contributed by atoms with E-state index in [0.717, 1.165) is 24.1 Å². The van der Waals surface area contributed by atoms with Crippen LogP contribution < -0.4 is 10.6 Å². The average molecular weight is 432 g/mol. The van der Waals surface area contributed by atoms with E-state index >= 15 is 0 Å². The Hall–Kier alpha value is -3.89. The second kappa shape index (κ2) is 9.28. The molecule has 2 aromatic heterocycles. The van der Waals surface area contributed by atoms with E-state index in [1.165, 1.54) is 13.0 Å². The zero-order chi connectivity index (χ0) is 22.4. The summed E-state index contributed by atoms with van der Waals surface area (Å²) in [7, 11) is 0. The van der Waals surface area contributed by atoms with Crippen LogP contribution in [0.25, 0.3) is 11.0 Å². The smallest absolute Gasteiger partial charge is 0.347 e. The number of para-hydroxylation sites is 2. The number of H-pyrrole nitrogens is 1. The SMILES string of the molecule is C=C(/C=C(\C=C/C)C(F)(F)F)C(CNC(=O)c1ncon1)Nc1nc2ccccc2[nH]1. The third kappa shape index (κ3) is 5.59. The van der Waals surface area contributed by atoms with Crippen molar-refractivity contribution < 1.29 is 22.5 Å². The van der Waals surface area contributed by atoms with Gasteiger partial charge in [0, 0.05) is 6.54 Å². The van der Waals surface area contributed by atoms with Crippen LogP contribution in [0.15, 0.2) is 71.1 Å². The summed E-state index contributed by atoms with van der Waals surface area (Å²) in [4.78, 5) is 23.2. The highest BCUT2D eigenvalue weighted by atomic mass is 19.4. The monoisotopic (exact) mass is 432 g/mol. The molecule has 0 spiro atoms. The second-order valence-electron chi connectivity index (χ2n) is 6.44. The lowest BCUT2D eigenvalue weighted by Gasteiger charge is -2.20. The van der Waals surface area contributed by atoms with E-state index in [1.54, 1.807) is 6.07 Å². The van der Waals surface area contributed by atoms with Gasteiger partial charge < -0.3 is 20.1 Å². The fourth-order valence-corrected chi connectivity index (χ4v) is 2.71. The zero-order valence-corrected chi connectivity index (χ0v) is 16.4. The first kappa shape index (κ1) is 21.8. The average Bonchev–Trinajstić information content (AvgIpc) is 3.39. The fraction of sp³-hybridized carbons (Fsp3) is 0.200. The molecule has 8 nitrogen and oxygen atoms in total. The first-order chi connectivity index (χ1) is 14.8. The van der Waals surface area contributed by atoms with Crippen molar-refractivity contribution in [1.82, 2.24) is 25.4 Å². The quantitative estimate of drug-likeness (QED) is 0.468. The molecule has 1 amide bonds. The number of aromatic amines is 1. The molecule has 1 aromatic carbocycles. The van der Waals surface area contributed by atoms with Crippen molar-refractivity contribution in [1.29, 1.82) is 0 Å². The number of carbonyl (C=O) groups excluding carboxylic acids is 1. The largest absolute Gasteiger partial charge is 0.416 e. The first-order valence-corrected chi connectivity index (χ1v) is 9.14. The molecule has 0 fully saturated rings. The highest BCUT2D eigenvalue weighted by Gasteiger charge is 2.32. The molecular formula is C20H19F3N6O2. The lowest BCUT2D eigenvalue weighted by atomic mass is 10.0. The molecule has 0 aliphatic heterocycles. The van der Waals surface area contributed by atoms with Gasteiger partial charge in [-0.1, -0.05) is 36.0 Å². The first-order valence-electron chi connectivity index (χ1n) is 9.14. The van der Waals surface area contributed by atoms with Gasteiger partial charge in [-0.25, -0.2) is 4.98 Å². The molecule has 0 saturated heterocycles. The molecule has 3 N–H and O–H groups in total. The Balaban J connectivity index is 1.85. The van der Waals surface area contributed by atoms with E-state index in [9.17, 15) is 18.0 Å². The summed E-state index contributed by atoms with van der Waals surface area (Å²) in [5.41, 5.74) is 0.622. The molecular weight excluding hydrogens is 413 g/mol. The standard InChI is InChI=1S/C20H19F3N6O2/c1-3-6-13(20(21,22)23)9-12(2)16(10-24-18(30)17-25-11-31-29-17)28-19-26-14-7-4-5-8-15(14)27-19/h3-9,11,16H,2,10H2,1H3,(H,24,30)(H2,26,27,28)/b6-3-,13-9+. The van der Waals surface area contributed by atoms with Crippen LogP contribution in [0.2, 0.25) is 0 Å². The molecule has 11 heteroatoms. The number of amides is 1. The van der Waals surface area contributed by atoms with Gasteiger partial charge in [-0.15, -0.1) is 0 Å². The van der Waals surface area contributed by atoms with Gasteiger partial charge in [0.1, 0.15) is 0 Å². The minimum atomic E-state index is -4.56. The van der Waals surface area contributed by atoms with Crippen molar-refractivity contribution in [3.05, 3.63) is 72.4 Å². The highest BCUT2D eigenvalue weighted by molar-refractivity contribution is 5.90. The normalized spacial score (nSPS) is 13.5. The maximum Gasteiger partial charge on any atom is 0.416 e. The topological polar surface area (TPSA) is 109 Å². The molecule has 0 radical (unpaired) electrons. The summed E-state index contributed by atoms with van der Waals surface area (Å²) >= 11 is 0. The van der Waals surface area contributed by atoms with Gasteiger partial charge in [0.15, 0.2) is 0 Å². The summed E-state index contributed by atoms with van der Waals surface area (Å²) in [6, 6.07) is 6.40. The fourth-order valence-electron chi connectivity index (χ4n) is 2.71. The Morgan fingerprint density at radius 1 is 1.35 bits per heavy atom. The van der Waals surface area contributed by atoms with Crippen molar-refractivity contribution in [3.8, 4) is 0 Å². The minimum Gasteiger partial charge on any atom is -0.347 e. The maximum atomic E-state index is 13.3. The van der Waals surface area contributed by atoms with E-state index in [-0.39, 0.29) is 17.9 Å². The molecule has 31 heavy (non-hydrogen) atoms. The van der Waals surface area contributed by atoms with Crippen molar-refractivity contribution in [2.45, 2.75) is 19.1 Å². The van der Waals surface area contributed by atoms with Crippen LogP contribution in [0.4, 0.5) is 19.1 Å². The molecule has 3 rings (SSSR count). The predicted molar refractivity (Wildman–Crippen MR) is 108 cm³/mol. The molecule has 0 aliphatic carbocycles. The number of imidazole rings is 1. The highest BCUT2D eigenvalue weighted by Crippen LogP contribution is 2.28. The number of hydrogen-bond donors (Lipinski definition) is 3. The van der Waals surface area contributed by atoms with Crippen LogP contribution in [-0.2, 0) is 0 Å². The third-order valence-electron chi connectivity index (χ3n) is 4.19. The minimum absolute atomic E-state index is 0.0827. The lowest BCUT2D eigenvalue weighted by Crippen LogP contribution is -2.38. The number of fused-ring (bicyclic) bond motifs is 1. The molecule has 1 atom stereocenters. The van der Waals surface area contributed by atoms with Crippen LogP contribution in [-0.4, -0.2) is 44.8 Å². The zero-order valence-electron chi connectivity index (χ0n) is 16.4. The number of allylic oxidation sites excluding steroid dienone is 3. The summed E-state index contributed by atoms with van der Waals surface area (Å²) in [5, 5.41) is 8.96. The van der Waals surface area contributed by atoms with Gasteiger partial charge in [-0.05, 0) is 30.7 Å². The number of nitrogens with one attached hydrogen (secondary N) is 3. The van der Waals surface area contributed by atoms with Crippen molar-refractivity contribution >= 4 is 22.9 Å². The Kier molecular flexibility index (Phi) is 6.53. The molecule has 2 heterocycles. The van der Waals surface area contributed by atoms with Gasteiger partial charge in [-0.3, -0.25) is 4.79 Å². The number of halogens is 3. The van der Waals surface area contributed by atoms with E-state index < -0.39 is 23.7 Å². The Labute approximate surface area is 174 Å². The van der Waals surface area contributed by atoms with Gasteiger partial charge in [0.25, 0.3) is 11.7 Å². The van der Waals surface area contributed by atoms with E-state index in [1.807, 2.05) is 18.2 Å². The van der Waals surface area contributed by atoms with Crippen LogP contribution in [0, 0.1) is 0 Å². The van der Waals surface area contributed by atoms with Gasteiger partial charge in [-0.2, -0.15) is 18.2 Å². The number of nitrogens with zero attached hydrogens (tertiary/aromatic N) is 3. The number of carbonyl (C=O) groups is 1. The summed E-state index contributed by atoms with van der Waals surface area (Å²) in [5.74, 6) is -0.533. The van der Waals surface area contributed by atoms with Crippen molar-refractivity contribution in [2.75, 3.05) is 11.9 Å². The molecule has 162 valence electrons. The van der Waals surface area contributed by atoms with Gasteiger partial charge >= 0.3 is 6.18 Å².